The van der Waals surface area contributed by atoms with Gasteiger partial charge in [-0.1, -0.05) is 29.8 Å². The maximum atomic E-state index is 11.6. The van der Waals surface area contributed by atoms with Crippen LogP contribution >= 0.6 is 15.9 Å². The summed E-state index contributed by atoms with van der Waals surface area (Å²) in [6.45, 7) is 4.51. The van der Waals surface area contributed by atoms with Gasteiger partial charge in [0.15, 0.2) is 0 Å². The first kappa shape index (κ1) is 18.2. The van der Waals surface area contributed by atoms with E-state index < -0.39 is 5.91 Å². The molecule has 0 radical (unpaired) electrons. The van der Waals surface area contributed by atoms with E-state index >= 15 is 0 Å². The number of methoxy groups -OCH3 is 1. The normalized spacial score (nSPS) is 10.8. The Morgan fingerprint density at radius 1 is 1.36 bits per heavy atom. The van der Waals surface area contributed by atoms with Gasteiger partial charge < -0.3 is 10.1 Å². The lowest BCUT2D eigenvalue weighted by molar-refractivity contribution is -0.129. The molecule has 22 heavy (non-hydrogen) atoms. The summed E-state index contributed by atoms with van der Waals surface area (Å²) in [6.07, 6.45) is 1.22. The van der Waals surface area contributed by atoms with Crippen molar-refractivity contribution in [1.29, 1.82) is 0 Å². The summed E-state index contributed by atoms with van der Waals surface area (Å²) in [5.41, 5.74) is 3.03. The molecule has 0 aliphatic carbocycles. The average molecular weight is 370 g/mol. The van der Waals surface area contributed by atoms with E-state index in [0.717, 1.165) is 4.47 Å². The SMILES string of the molecule is COc1ccc(Br)cc1/C=N\NC(=O)CC(=O)NCC(C)C. The van der Waals surface area contributed by atoms with Gasteiger partial charge in [-0.25, -0.2) is 5.43 Å². The highest BCUT2D eigenvalue weighted by Gasteiger charge is 2.08. The number of amides is 2. The van der Waals surface area contributed by atoms with Gasteiger partial charge in [-0.3, -0.25) is 9.59 Å². The quantitative estimate of drug-likeness (QED) is 0.438. The Morgan fingerprint density at radius 3 is 2.73 bits per heavy atom. The monoisotopic (exact) mass is 369 g/mol. The lowest BCUT2D eigenvalue weighted by Crippen LogP contribution is -2.32. The van der Waals surface area contributed by atoms with Crippen LogP contribution in [0.25, 0.3) is 0 Å². The van der Waals surface area contributed by atoms with Crippen LogP contribution in [0.15, 0.2) is 27.8 Å². The molecule has 0 spiro atoms. The summed E-state index contributed by atoms with van der Waals surface area (Å²) in [5, 5.41) is 6.50. The number of rotatable bonds is 7. The number of hydrogen-bond donors (Lipinski definition) is 2. The van der Waals surface area contributed by atoms with Crippen LogP contribution in [0.2, 0.25) is 0 Å². The molecule has 0 saturated carbocycles. The lowest BCUT2D eigenvalue weighted by Gasteiger charge is -2.07. The molecule has 0 aromatic heterocycles. The van der Waals surface area contributed by atoms with Gasteiger partial charge >= 0.3 is 0 Å². The second kappa shape index (κ2) is 9.19. The van der Waals surface area contributed by atoms with Gasteiger partial charge in [0.1, 0.15) is 12.2 Å². The van der Waals surface area contributed by atoms with Crippen molar-refractivity contribution in [2.75, 3.05) is 13.7 Å². The second-order valence-electron chi connectivity index (χ2n) is 5.05. The van der Waals surface area contributed by atoms with Gasteiger partial charge in [-0.15, -0.1) is 0 Å². The Hall–Kier alpha value is -1.89. The molecular weight excluding hydrogens is 350 g/mol. The van der Waals surface area contributed by atoms with Crippen molar-refractivity contribution in [1.82, 2.24) is 10.7 Å². The van der Waals surface area contributed by atoms with Crippen LogP contribution in [0.1, 0.15) is 25.8 Å². The van der Waals surface area contributed by atoms with Crippen LogP contribution in [0.5, 0.6) is 5.75 Å². The fourth-order valence-corrected chi connectivity index (χ4v) is 1.92. The van der Waals surface area contributed by atoms with E-state index in [4.69, 9.17) is 4.74 Å². The number of carbonyl (C=O) groups is 2. The van der Waals surface area contributed by atoms with Gasteiger partial charge in [0, 0.05) is 16.6 Å². The predicted octanol–water partition coefficient (Wildman–Crippen LogP) is 2.07. The largest absolute Gasteiger partial charge is 0.496 e. The maximum absolute atomic E-state index is 11.6. The van der Waals surface area contributed by atoms with Crippen molar-refractivity contribution in [3.8, 4) is 5.75 Å². The zero-order valence-electron chi connectivity index (χ0n) is 12.9. The Bertz CT molecular complexity index is 559. The average Bonchev–Trinajstić information content (AvgIpc) is 2.45. The third-order valence-electron chi connectivity index (χ3n) is 2.61. The molecule has 0 bridgehead atoms. The molecule has 6 nitrogen and oxygen atoms in total. The van der Waals surface area contributed by atoms with Crippen molar-refractivity contribution >= 4 is 34.0 Å². The van der Waals surface area contributed by atoms with Gasteiger partial charge in [-0.05, 0) is 24.1 Å². The summed E-state index contributed by atoms with van der Waals surface area (Å²) in [6, 6.07) is 5.43. The predicted molar refractivity (Wildman–Crippen MR) is 88.9 cm³/mol. The standard InChI is InChI=1S/C15H20BrN3O3/c1-10(2)8-17-14(20)7-15(21)19-18-9-11-6-12(16)4-5-13(11)22-3/h4-6,9-10H,7-8H2,1-3H3,(H,17,20)(H,19,21)/b18-9-. The summed E-state index contributed by atoms with van der Waals surface area (Å²) in [5.74, 6) is 0.192. The van der Waals surface area contributed by atoms with Crippen molar-refractivity contribution in [2.45, 2.75) is 20.3 Å². The van der Waals surface area contributed by atoms with E-state index in [9.17, 15) is 9.59 Å². The first-order valence-corrected chi connectivity index (χ1v) is 7.63. The Labute approximate surface area is 138 Å². The van der Waals surface area contributed by atoms with Gasteiger partial charge in [-0.2, -0.15) is 5.10 Å². The molecule has 0 heterocycles. The minimum absolute atomic E-state index is 0.250. The molecule has 2 amide bonds. The summed E-state index contributed by atoms with van der Waals surface area (Å²) in [7, 11) is 1.55. The number of hydrazone groups is 1. The molecule has 1 aromatic rings. The topological polar surface area (TPSA) is 79.8 Å². The second-order valence-corrected chi connectivity index (χ2v) is 5.97. The van der Waals surface area contributed by atoms with E-state index in [-0.39, 0.29) is 12.3 Å². The molecule has 0 unspecified atom stereocenters. The molecule has 0 fully saturated rings. The van der Waals surface area contributed by atoms with E-state index in [1.54, 1.807) is 13.2 Å². The molecule has 7 heteroatoms. The van der Waals surface area contributed by atoms with Crippen LogP contribution in [-0.4, -0.2) is 31.7 Å². The van der Waals surface area contributed by atoms with Crippen LogP contribution in [0, 0.1) is 5.92 Å². The first-order valence-electron chi connectivity index (χ1n) is 6.84. The lowest BCUT2D eigenvalue weighted by atomic mass is 10.2. The van der Waals surface area contributed by atoms with Crippen molar-refractivity contribution in [3.63, 3.8) is 0 Å². The number of carbonyl (C=O) groups excluding carboxylic acids is 2. The maximum Gasteiger partial charge on any atom is 0.249 e. The molecule has 1 aromatic carbocycles. The van der Waals surface area contributed by atoms with E-state index in [2.05, 4.69) is 31.8 Å². The van der Waals surface area contributed by atoms with Crippen LogP contribution in [0.3, 0.4) is 0 Å². The van der Waals surface area contributed by atoms with E-state index in [1.165, 1.54) is 6.21 Å². The zero-order chi connectivity index (χ0) is 16.5. The number of nitrogens with zero attached hydrogens (tertiary/aromatic N) is 1. The van der Waals surface area contributed by atoms with E-state index in [1.807, 2.05) is 26.0 Å². The van der Waals surface area contributed by atoms with Gasteiger partial charge in [0.2, 0.25) is 11.8 Å². The van der Waals surface area contributed by atoms with Crippen molar-refractivity contribution in [2.24, 2.45) is 11.0 Å². The third kappa shape index (κ3) is 6.71. The number of halogens is 1. The summed E-state index contributed by atoms with van der Waals surface area (Å²) >= 11 is 3.35. The molecule has 0 aliphatic heterocycles. The highest BCUT2D eigenvalue weighted by molar-refractivity contribution is 9.10. The third-order valence-corrected chi connectivity index (χ3v) is 3.11. The Balaban J connectivity index is 2.50. The first-order chi connectivity index (χ1) is 10.4. The smallest absolute Gasteiger partial charge is 0.249 e. The molecule has 120 valence electrons. The van der Waals surface area contributed by atoms with Gasteiger partial charge in [0.05, 0.1) is 13.3 Å². The zero-order valence-corrected chi connectivity index (χ0v) is 14.4. The molecule has 0 aliphatic rings. The summed E-state index contributed by atoms with van der Waals surface area (Å²) < 4.78 is 6.06. The molecule has 0 saturated heterocycles. The minimum atomic E-state index is -0.466. The number of hydrogen-bond acceptors (Lipinski definition) is 4. The Kier molecular flexibility index (Phi) is 7.59. The molecular formula is C15H20BrN3O3. The fraction of sp³-hybridized carbons (Fsp3) is 0.400. The van der Waals surface area contributed by atoms with Crippen molar-refractivity contribution < 1.29 is 14.3 Å². The molecule has 2 N–H and O–H groups in total. The van der Waals surface area contributed by atoms with Crippen LogP contribution < -0.4 is 15.5 Å². The van der Waals surface area contributed by atoms with E-state index in [0.29, 0.717) is 23.8 Å². The Morgan fingerprint density at radius 2 is 2.09 bits per heavy atom. The summed E-state index contributed by atoms with van der Waals surface area (Å²) in [4.78, 5) is 23.1. The minimum Gasteiger partial charge on any atom is -0.496 e. The fourth-order valence-electron chi connectivity index (χ4n) is 1.55. The van der Waals surface area contributed by atoms with Gasteiger partial charge in [0.25, 0.3) is 0 Å². The van der Waals surface area contributed by atoms with Crippen LogP contribution in [0.4, 0.5) is 0 Å². The van der Waals surface area contributed by atoms with Crippen molar-refractivity contribution in [3.05, 3.63) is 28.2 Å². The number of benzene rings is 1. The molecule has 0 atom stereocenters. The number of nitrogens with one attached hydrogen (secondary N) is 2. The van der Waals surface area contributed by atoms with Crippen LogP contribution in [-0.2, 0) is 9.59 Å². The highest BCUT2D eigenvalue weighted by atomic mass is 79.9. The number of ether oxygens (including phenoxy) is 1. The highest BCUT2D eigenvalue weighted by Crippen LogP contribution is 2.21. The molecule has 1 rings (SSSR count).